The summed E-state index contributed by atoms with van der Waals surface area (Å²) in [6, 6.07) is 13.0. The van der Waals surface area contributed by atoms with E-state index >= 15 is 0 Å². The van der Waals surface area contributed by atoms with Crippen molar-refractivity contribution in [1.82, 2.24) is 0 Å². The van der Waals surface area contributed by atoms with Crippen molar-refractivity contribution in [2.75, 3.05) is 44.2 Å². The SMILES string of the molecule is COc1cc(OC)cc(C(=O)Nc2ccc(N3CCOCC3(C)C)cc2)c1. The van der Waals surface area contributed by atoms with Crippen LogP contribution < -0.4 is 19.7 Å². The normalized spacial score (nSPS) is 15.9. The average Bonchev–Trinajstić information content (AvgIpc) is 2.68. The lowest BCUT2D eigenvalue weighted by Crippen LogP contribution is -2.53. The standard InChI is InChI=1S/C21H26N2O4/c1-21(2)14-27-10-9-23(21)17-7-5-16(6-8-17)22-20(24)15-11-18(25-3)13-19(12-15)26-4/h5-8,11-13H,9-10,14H2,1-4H3,(H,22,24). The minimum atomic E-state index is -0.216. The van der Waals surface area contributed by atoms with Crippen LogP contribution in [-0.4, -0.2) is 45.4 Å². The molecule has 1 heterocycles. The molecule has 2 aromatic carbocycles. The number of amides is 1. The van der Waals surface area contributed by atoms with Crippen LogP contribution in [-0.2, 0) is 4.74 Å². The third-order valence-electron chi connectivity index (χ3n) is 4.70. The first-order chi connectivity index (χ1) is 12.9. The fourth-order valence-corrected chi connectivity index (χ4v) is 3.20. The highest BCUT2D eigenvalue weighted by atomic mass is 16.5. The topological polar surface area (TPSA) is 60.0 Å². The smallest absolute Gasteiger partial charge is 0.255 e. The third kappa shape index (κ3) is 4.34. The van der Waals surface area contributed by atoms with Gasteiger partial charge >= 0.3 is 0 Å². The number of ether oxygens (including phenoxy) is 3. The van der Waals surface area contributed by atoms with Gasteiger partial charge in [-0.2, -0.15) is 0 Å². The Hall–Kier alpha value is -2.73. The van der Waals surface area contributed by atoms with E-state index < -0.39 is 0 Å². The van der Waals surface area contributed by atoms with E-state index in [9.17, 15) is 4.79 Å². The van der Waals surface area contributed by atoms with Crippen LogP contribution in [0.15, 0.2) is 42.5 Å². The summed E-state index contributed by atoms with van der Waals surface area (Å²) in [5.41, 5.74) is 2.27. The Bertz CT molecular complexity index is 780. The molecule has 0 atom stereocenters. The lowest BCUT2D eigenvalue weighted by molar-refractivity contribution is 0.0644. The number of nitrogens with zero attached hydrogens (tertiary/aromatic N) is 1. The summed E-state index contributed by atoms with van der Waals surface area (Å²) >= 11 is 0. The van der Waals surface area contributed by atoms with Crippen LogP contribution in [0.3, 0.4) is 0 Å². The van der Waals surface area contributed by atoms with Crippen LogP contribution in [0.2, 0.25) is 0 Å². The predicted molar refractivity (Wildman–Crippen MR) is 106 cm³/mol. The van der Waals surface area contributed by atoms with Crippen molar-refractivity contribution in [3.63, 3.8) is 0 Å². The van der Waals surface area contributed by atoms with Crippen LogP contribution in [0.25, 0.3) is 0 Å². The number of hydrogen-bond donors (Lipinski definition) is 1. The number of morpholine rings is 1. The van der Waals surface area contributed by atoms with Crippen LogP contribution in [0.5, 0.6) is 11.5 Å². The molecule has 1 amide bonds. The molecule has 3 rings (SSSR count). The second-order valence-electron chi connectivity index (χ2n) is 7.12. The molecule has 6 nitrogen and oxygen atoms in total. The molecule has 0 radical (unpaired) electrons. The van der Waals surface area contributed by atoms with Gasteiger partial charge in [0.2, 0.25) is 0 Å². The first kappa shape index (κ1) is 19.0. The predicted octanol–water partition coefficient (Wildman–Crippen LogP) is 3.57. The third-order valence-corrected chi connectivity index (χ3v) is 4.70. The van der Waals surface area contributed by atoms with Crippen molar-refractivity contribution in [2.45, 2.75) is 19.4 Å². The number of benzene rings is 2. The maximum absolute atomic E-state index is 12.6. The van der Waals surface area contributed by atoms with E-state index in [1.54, 1.807) is 32.4 Å². The summed E-state index contributed by atoms with van der Waals surface area (Å²) in [5, 5.41) is 2.92. The van der Waals surface area contributed by atoms with Crippen molar-refractivity contribution >= 4 is 17.3 Å². The van der Waals surface area contributed by atoms with Gasteiger partial charge in [-0.15, -0.1) is 0 Å². The van der Waals surface area contributed by atoms with Crippen LogP contribution >= 0.6 is 0 Å². The molecule has 1 fully saturated rings. The van der Waals surface area contributed by atoms with E-state index in [1.807, 2.05) is 24.3 Å². The van der Waals surface area contributed by atoms with E-state index in [1.165, 1.54) is 0 Å². The second-order valence-corrected chi connectivity index (χ2v) is 7.12. The molecule has 1 aliphatic rings. The van der Waals surface area contributed by atoms with Crippen molar-refractivity contribution in [1.29, 1.82) is 0 Å². The number of anilines is 2. The number of carbonyl (C=O) groups excluding carboxylic acids is 1. The molecule has 6 heteroatoms. The molecule has 144 valence electrons. The number of hydrogen-bond acceptors (Lipinski definition) is 5. The molecule has 1 saturated heterocycles. The number of carbonyl (C=O) groups is 1. The van der Waals surface area contributed by atoms with Gasteiger partial charge in [0, 0.05) is 29.5 Å². The van der Waals surface area contributed by atoms with Gasteiger partial charge in [0.15, 0.2) is 0 Å². The van der Waals surface area contributed by atoms with E-state index in [4.69, 9.17) is 14.2 Å². The molecule has 1 aliphatic heterocycles. The van der Waals surface area contributed by atoms with Gasteiger partial charge in [0.1, 0.15) is 11.5 Å². The first-order valence-corrected chi connectivity index (χ1v) is 8.93. The molecule has 0 saturated carbocycles. The Morgan fingerprint density at radius 3 is 2.26 bits per heavy atom. The monoisotopic (exact) mass is 370 g/mol. The van der Waals surface area contributed by atoms with Crippen LogP contribution in [0.4, 0.5) is 11.4 Å². The summed E-state index contributed by atoms with van der Waals surface area (Å²) in [5.74, 6) is 0.931. The Balaban J connectivity index is 1.74. The fraction of sp³-hybridized carbons (Fsp3) is 0.381. The van der Waals surface area contributed by atoms with Gasteiger partial charge in [0.25, 0.3) is 5.91 Å². The molecule has 1 N–H and O–H groups in total. The van der Waals surface area contributed by atoms with Crippen molar-refractivity contribution in [3.05, 3.63) is 48.0 Å². The lowest BCUT2D eigenvalue weighted by Gasteiger charge is -2.43. The summed E-state index contributed by atoms with van der Waals surface area (Å²) in [6.07, 6.45) is 0. The van der Waals surface area contributed by atoms with Gasteiger partial charge in [-0.3, -0.25) is 4.79 Å². The molecule has 27 heavy (non-hydrogen) atoms. The second kappa shape index (κ2) is 7.88. The maximum Gasteiger partial charge on any atom is 0.255 e. The zero-order chi connectivity index (χ0) is 19.4. The molecular formula is C21H26N2O4. The summed E-state index contributed by atoms with van der Waals surface area (Å²) in [6.45, 7) is 6.60. The van der Waals surface area contributed by atoms with Crippen LogP contribution in [0, 0.1) is 0 Å². The van der Waals surface area contributed by atoms with E-state index in [0.717, 1.165) is 24.5 Å². The summed E-state index contributed by atoms with van der Waals surface area (Å²) in [7, 11) is 3.12. The van der Waals surface area contributed by atoms with Gasteiger partial charge in [-0.05, 0) is 50.2 Å². The van der Waals surface area contributed by atoms with Gasteiger partial charge < -0.3 is 24.4 Å². The highest BCUT2D eigenvalue weighted by molar-refractivity contribution is 6.04. The molecule has 0 bridgehead atoms. The molecule has 2 aromatic rings. The molecule has 0 aliphatic carbocycles. The molecular weight excluding hydrogens is 344 g/mol. The highest BCUT2D eigenvalue weighted by Gasteiger charge is 2.30. The minimum Gasteiger partial charge on any atom is -0.497 e. The lowest BCUT2D eigenvalue weighted by atomic mass is 10.0. The zero-order valence-corrected chi connectivity index (χ0v) is 16.2. The maximum atomic E-state index is 12.6. The highest BCUT2D eigenvalue weighted by Crippen LogP contribution is 2.28. The Morgan fingerprint density at radius 1 is 1.07 bits per heavy atom. The van der Waals surface area contributed by atoms with Crippen molar-refractivity contribution < 1.29 is 19.0 Å². The number of rotatable bonds is 5. The minimum absolute atomic E-state index is 0.0554. The largest absolute Gasteiger partial charge is 0.497 e. The van der Waals surface area contributed by atoms with Gasteiger partial charge in [-0.1, -0.05) is 0 Å². The summed E-state index contributed by atoms with van der Waals surface area (Å²) < 4.78 is 16.0. The number of methoxy groups -OCH3 is 2. The molecule has 0 aromatic heterocycles. The first-order valence-electron chi connectivity index (χ1n) is 8.93. The van der Waals surface area contributed by atoms with Gasteiger partial charge in [-0.25, -0.2) is 0 Å². The Kier molecular flexibility index (Phi) is 5.56. The van der Waals surface area contributed by atoms with Crippen molar-refractivity contribution in [3.8, 4) is 11.5 Å². The van der Waals surface area contributed by atoms with E-state index in [0.29, 0.717) is 23.7 Å². The average molecular weight is 370 g/mol. The van der Waals surface area contributed by atoms with Gasteiger partial charge in [0.05, 0.1) is 33.0 Å². The molecule has 0 spiro atoms. The Morgan fingerprint density at radius 2 is 1.70 bits per heavy atom. The zero-order valence-electron chi connectivity index (χ0n) is 16.2. The number of nitrogens with one attached hydrogen (secondary N) is 1. The van der Waals surface area contributed by atoms with Crippen LogP contribution in [0.1, 0.15) is 24.2 Å². The summed E-state index contributed by atoms with van der Waals surface area (Å²) in [4.78, 5) is 14.9. The fourth-order valence-electron chi connectivity index (χ4n) is 3.20. The van der Waals surface area contributed by atoms with E-state index in [2.05, 4.69) is 24.1 Å². The Labute approximate surface area is 160 Å². The van der Waals surface area contributed by atoms with Crippen molar-refractivity contribution in [2.24, 2.45) is 0 Å². The molecule has 0 unspecified atom stereocenters. The quantitative estimate of drug-likeness (QED) is 0.872. The van der Waals surface area contributed by atoms with E-state index in [-0.39, 0.29) is 11.4 Å².